The maximum Gasteiger partial charge on any atom is 0.0959 e. The summed E-state index contributed by atoms with van der Waals surface area (Å²) in [4.78, 5) is 7.29. The van der Waals surface area contributed by atoms with E-state index in [1.54, 1.807) is 0 Å². The van der Waals surface area contributed by atoms with Gasteiger partial charge in [-0.25, -0.2) is 4.98 Å². The van der Waals surface area contributed by atoms with Crippen molar-refractivity contribution in [1.82, 2.24) is 15.2 Å². The molecular formula is C13H21N3S. The molecule has 0 amide bonds. The molecule has 1 aliphatic carbocycles. The van der Waals surface area contributed by atoms with Gasteiger partial charge in [-0.3, -0.25) is 4.90 Å². The minimum atomic E-state index is 0.244. The van der Waals surface area contributed by atoms with Crippen molar-refractivity contribution < 1.29 is 0 Å². The molecule has 0 bridgehead atoms. The fourth-order valence-corrected chi connectivity index (χ4v) is 3.51. The first-order valence-corrected chi connectivity index (χ1v) is 7.42. The molecule has 3 nitrogen and oxygen atoms in total. The fourth-order valence-electron chi connectivity index (χ4n) is 2.52. The van der Waals surface area contributed by atoms with E-state index < -0.39 is 0 Å². The van der Waals surface area contributed by atoms with E-state index in [4.69, 9.17) is 4.98 Å². The number of piperazine rings is 1. The Morgan fingerprint density at radius 2 is 2.35 bits per heavy atom. The minimum Gasteiger partial charge on any atom is -0.309 e. The normalized spacial score (nSPS) is 25.1. The van der Waals surface area contributed by atoms with Crippen molar-refractivity contribution in [3.05, 3.63) is 16.1 Å². The summed E-state index contributed by atoms with van der Waals surface area (Å²) < 4.78 is 0. The van der Waals surface area contributed by atoms with Gasteiger partial charge in [0.25, 0.3) is 0 Å². The van der Waals surface area contributed by atoms with E-state index in [0.717, 1.165) is 32.1 Å². The summed E-state index contributed by atoms with van der Waals surface area (Å²) in [6.07, 6.45) is 2.71. The van der Waals surface area contributed by atoms with Crippen LogP contribution in [0.25, 0.3) is 0 Å². The lowest BCUT2D eigenvalue weighted by Crippen LogP contribution is -2.56. The van der Waals surface area contributed by atoms with Crippen LogP contribution >= 0.6 is 11.3 Å². The third-order valence-corrected chi connectivity index (χ3v) is 4.59. The lowest BCUT2D eigenvalue weighted by atomic mass is 10.0. The molecule has 3 rings (SSSR count). The molecule has 1 saturated heterocycles. The molecule has 0 radical (unpaired) electrons. The number of thiazole rings is 1. The fraction of sp³-hybridized carbons (Fsp3) is 0.769. The summed E-state index contributed by atoms with van der Waals surface area (Å²) in [5, 5.41) is 7.17. The molecule has 1 aromatic heterocycles. The van der Waals surface area contributed by atoms with Gasteiger partial charge in [0, 0.05) is 43.0 Å². The average molecular weight is 251 g/mol. The number of aromatic nitrogens is 1. The van der Waals surface area contributed by atoms with Gasteiger partial charge in [0.05, 0.1) is 10.7 Å². The number of rotatable bonds is 3. The Morgan fingerprint density at radius 3 is 3.06 bits per heavy atom. The Kier molecular flexibility index (Phi) is 2.97. The smallest absolute Gasteiger partial charge is 0.0959 e. The van der Waals surface area contributed by atoms with Crippen molar-refractivity contribution in [2.45, 2.75) is 44.7 Å². The van der Waals surface area contributed by atoms with Gasteiger partial charge in [0.2, 0.25) is 0 Å². The standard InChI is InChI=1S/C13H21N3S/c1-13(2)9-16(6-5-14-13)7-11-8-17-12(15-11)10-3-4-10/h8,10,14H,3-7,9H2,1-2H3. The highest BCUT2D eigenvalue weighted by Crippen LogP contribution is 2.41. The second-order valence-corrected chi connectivity index (χ2v) is 6.86. The molecule has 0 spiro atoms. The molecule has 94 valence electrons. The number of nitrogens with zero attached hydrogens (tertiary/aromatic N) is 2. The summed E-state index contributed by atoms with van der Waals surface area (Å²) in [6, 6.07) is 0. The minimum absolute atomic E-state index is 0.244. The van der Waals surface area contributed by atoms with Gasteiger partial charge in [0.15, 0.2) is 0 Å². The SMILES string of the molecule is CC1(C)CN(Cc2csc(C3CC3)n2)CCN1. The second kappa shape index (κ2) is 4.34. The maximum absolute atomic E-state index is 4.77. The molecule has 4 heteroatoms. The predicted molar refractivity (Wildman–Crippen MR) is 71.4 cm³/mol. The first-order valence-electron chi connectivity index (χ1n) is 6.54. The zero-order valence-corrected chi connectivity index (χ0v) is 11.5. The van der Waals surface area contributed by atoms with Crippen LogP contribution in [-0.2, 0) is 6.54 Å². The number of hydrogen-bond donors (Lipinski definition) is 1. The van der Waals surface area contributed by atoms with Crippen LogP contribution in [0.5, 0.6) is 0 Å². The first kappa shape index (κ1) is 11.6. The topological polar surface area (TPSA) is 28.2 Å². The number of nitrogens with one attached hydrogen (secondary N) is 1. The van der Waals surface area contributed by atoms with Crippen molar-refractivity contribution in [1.29, 1.82) is 0 Å². The van der Waals surface area contributed by atoms with Crippen molar-refractivity contribution >= 4 is 11.3 Å². The van der Waals surface area contributed by atoms with Gasteiger partial charge in [0.1, 0.15) is 0 Å². The van der Waals surface area contributed by atoms with E-state index in [-0.39, 0.29) is 5.54 Å². The first-order chi connectivity index (χ1) is 8.12. The van der Waals surface area contributed by atoms with Crippen molar-refractivity contribution in [3.8, 4) is 0 Å². The highest BCUT2D eigenvalue weighted by atomic mass is 32.1. The van der Waals surface area contributed by atoms with E-state index in [1.807, 2.05) is 11.3 Å². The molecule has 0 atom stereocenters. The van der Waals surface area contributed by atoms with Crippen molar-refractivity contribution in [2.24, 2.45) is 0 Å². The largest absolute Gasteiger partial charge is 0.309 e. The van der Waals surface area contributed by atoms with E-state index >= 15 is 0 Å². The van der Waals surface area contributed by atoms with Gasteiger partial charge in [-0.1, -0.05) is 0 Å². The van der Waals surface area contributed by atoms with Crippen LogP contribution in [0.1, 0.15) is 43.3 Å². The molecule has 1 saturated carbocycles. The molecular weight excluding hydrogens is 230 g/mol. The van der Waals surface area contributed by atoms with E-state index in [1.165, 1.54) is 23.5 Å². The zero-order valence-electron chi connectivity index (χ0n) is 10.7. The van der Waals surface area contributed by atoms with E-state index in [2.05, 4.69) is 29.4 Å². The summed E-state index contributed by atoms with van der Waals surface area (Å²) >= 11 is 1.86. The molecule has 1 aliphatic heterocycles. The molecule has 2 aliphatic rings. The van der Waals surface area contributed by atoms with E-state index in [0.29, 0.717) is 0 Å². The highest BCUT2D eigenvalue weighted by Gasteiger charge is 2.28. The van der Waals surface area contributed by atoms with Gasteiger partial charge in [-0.2, -0.15) is 0 Å². The van der Waals surface area contributed by atoms with Crippen molar-refractivity contribution in [2.75, 3.05) is 19.6 Å². The Labute approximate surface area is 107 Å². The van der Waals surface area contributed by atoms with Gasteiger partial charge in [-0.15, -0.1) is 11.3 Å². The molecule has 0 aromatic carbocycles. The summed E-state index contributed by atoms with van der Waals surface area (Å²) in [6.45, 7) is 8.91. The summed E-state index contributed by atoms with van der Waals surface area (Å²) in [7, 11) is 0. The van der Waals surface area contributed by atoms with E-state index in [9.17, 15) is 0 Å². The lowest BCUT2D eigenvalue weighted by Gasteiger charge is -2.38. The average Bonchev–Trinajstić information content (AvgIpc) is 2.99. The Hall–Kier alpha value is -0.450. The van der Waals surface area contributed by atoms with Crippen LogP contribution < -0.4 is 5.32 Å². The Bertz CT molecular complexity index is 395. The zero-order chi connectivity index (χ0) is 11.9. The molecule has 0 unspecified atom stereocenters. The van der Waals surface area contributed by atoms with Crippen LogP contribution in [0.3, 0.4) is 0 Å². The van der Waals surface area contributed by atoms with Crippen LogP contribution in [0.4, 0.5) is 0 Å². The van der Waals surface area contributed by atoms with Crippen LogP contribution in [-0.4, -0.2) is 35.1 Å². The quantitative estimate of drug-likeness (QED) is 0.892. The third-order valence-electron chi connectivity index (χ3n) is 3.53. The predicted octanol–water partition coefficient (Wildman–Crippen LogP) is 2.20. The molecule has 1 N–H and O–H groups in total. The summed E-state index contributed by atoms with van der Waals surface area (Å²) in [5.74, 6) is 0.799. The van der Waals surface area contributed by atoms with Gasteiger partial charge >= 0.3 is 0 Å². The van der Waals surface area contributed by atoms with Crippen molar-refractivity contribution in [3.63, 3.8) is 0 Å². The lowest BCUT2D eigenvalue weighted by molar-refractivity contribution is 0.147. The third kappa shape index (κ3) is 2.87. The van der Waals surface area contributed by atoms with Crippen LogP contribution in [0.15, 0.2) is 5.38 Å². The van der Waals surface area contributed by atoms with Gasteiger partial charge in [-0.05, 0) is 26.7 Å². The van der Waals surface area contributed by atoms with Crippen LogP contribution in [0.2, 0.25) is 0 Å². The Balaban J connectivity index is 1.61. The molecule has 2 heterocycles. The number of hydrogen-bond acceptors (Lipinski definition) is 4. The summed E-state index contributed by atoms with van der Waals surface area (Å²) in [5.41, 5.74) is 1.52. The van der Waals surface area contributed by atoms with Gasteiger partial charge < -0.3 is 5.32 Å². The molecule has 17 heavy (non-hydrogen) atoms. The molecule has 2 fully saturated rings. The Morgan fingerprint density at radius 1 is 1.53 bits per heavy atom. The second-order valence-electron chi connectivity index (χ2n) is 5.97. The highest BCUT2D eigenvalue weighted by molar-refractivity contribution is 7.09. The molecule has 1 aromatic rings. The maximum atomic E-state index is 4.77. The van der Waals surface area contributed by atoms with Crippen LogP contribution in [0, 0.1) is 0 Å². The monoisotopic (exact) mass is 251 g/mol.